The summed E-state index contributed by atoms with van der Waals surface area (Å²) in [6, 6.07) is 15.3. The molecule has 0 spiro atoms. The average Bonchev–Trinajstić information content (AvgIpc) is 3.31. The van der Waals surface area contributed by atoms with Crippen LogP contribution in [0.3, 0.4) is 0 Å². The Balaban J connectivity index is 1.29. The van der Waals surface area contributed by atoms with Crippen molar-refractivity contribution in [2.75, 3.05) is 62.3 Å². The van der Waals surface area contributed by atoms with Crippen molar-refractivity contribution in [1.29, 1.82) is 0 Å². The van der Waals surface area contributed by atoms with Crippen molar-refractivity contribution in [3.63, 3.8) is 0 Å². The van der Waals surface area contributed by atoms with Crippen LogP contribution in [0, 0.1) is 13.8 Å². The number of piperazine rings is 1. The molecule has 3 N–H and O–H groups in total. The normalized spacial score (nSPS) is 14.2. The van der Waals surface area contributed by atoms with Crippen molar-refractivity contribution < 1.29 is 4.79 Å². The van der Waals surface area contributed by atoms with E-state index in [0.29, 0.717) is 11.3 Å². The van der Waals surface area contributed by atoms with Crippen LogP contribution in [0.5, 0.6) is 0 Å². The molecular formula is C30H37N9O. The maximum atomic E-state index is 12.8. The quantitative estimate of drug-likeness (QED) is 0.292. The second-order valence-corrected chi connectivity index (χ2v) is 10.4. The van der Waals surface area contributed by atoms with E-state index in [9.17, 15) is 4.79 Å². The molecule has 208 valence electrons. The molecule has 0 saturated carbocycles. The number of hydrogen-bond acceptors (Lipinski definition) is 8. The lowest BCUT2D eigenvalue weighted by Crippen LogP contribution is -2.45. The second kappa shape index (κ2) is 12.3. The van der Waals surface area contributed by atoms with E-state index in [-0.39, 0.29) is 5.91 Å². The van der Waals surface area contributed by atoms with E-state index < -0.39 is 0 Å². The minimum absolute atomic E-state index is 0.145. The average molecular weight is 540 g/mol. The van der Waals surface area contributed by atoms with Gasteiger partial charge in [-0.25, -0.2) is 9.97 Å². The summed E-state index contributed by atoms with van der Waals surface area (Å²) in [5, 5.41) is 14.5. The Morgan fingerprint density at radius 1 is 0.975 bits per heavy atom. The first-order valence-corrected chi connectivity index (χ1v) is 13.6. The second-order valence-electron chi connectivity index (χ2n) is 10.4. The topological polar surface area (TPSA) is 103 Å². The van der Waals surface area contributed by atoms with E-state index in [0.717, 1.165) is 79.0 Å². The highest BCUT2D eigenvalue weighted by molar-refractivity contribution is 6.04. The zero-order valence-electron chi connectivity index (χ0n) is 23.6. The zero-order valence-corrected chi connectivity index (χ0v) is 23.6. The van der Waals surface area contributed by atoms with Gasteiger partial charge >= 0.3 is 0 Å². The molecule has 40 heavy (non-hydrogen) atoms. The summed E-state index contributed by atoms with van der Waals surface area (Å²) in [5.41, 5.74) is 5.91. The molecule has 0 bridgehead atoms. The third-order valence-electron chi connectivity index (χ3n) is 7.24. The number of likely N-dealkylation sites (N-methyl/N-ethyl adjacent to an activating group) is 1. The molecule has 5 rings (SSSR count). The van der Waals surface area contributed by atoms with Gasteiger partial charge in [-0.1, -0.05) is 23.8 Å². The lowest BCUT2D eigenvalue weighted by Gasteiger charge is -2.32. The fourth-order valence-electron chi connectivity index (χ4n) is 4.74. The van der Waals surface area contributed by atoms with Crippen LogP contribution < -0.4 is 16.0 Å². The van der Waals surface area contributed by atoms with Crippen molar-refractivity contribution in [3.8, 4) is 11.3 Å². The number of rotatable bonds is 9. The van der Waals surface area contributed by atoms with Gasteiger partial charge in [-0.05, 0) is 50.7 Å². The lowest BCUT2D eigenvalue weighted by molar-refractivity contribution is 0.102. The van der Waals surface area contributed by atoms with Gasteiger partial charge in [0, 0.05) is 69.3 Å². The van der Waals surface area contributed by atoms with Gasteiger partial charge in [-0.15, -0.1) is 0 Å². The van der Waals surface area contributed by atoms with Crippen LogP contribution in [-0.4, -0.2) is 81.8 Å². The third kappa shape index (κ3) is 6.64. The standard InChI is InChI=1S/C30H37N9O/c1-21-6-5-7-23(16-21)30(40)35-24-9-8-22(2)26(17-24)36-29-25(19-34-38(29)4)27-18-28(33-20-32-27)31-10-11-39-14-12-37(3)13-15-39/h5-9,16-20,36H,10-15H2,1-4H3,(H,35,40)(H,31,32,33). The number of carbonyl (C=O) groups excluding carboxylic acids is 1. The number of amides is 1. The van der Waals surface area contributed by atoms with Crippen LogP contribution in [0.4, 0.5) is 23.0 Å². The van der Waals surface area contributed by atoms with E-state index in [1.165, 1.54) is 0 Å². The van der Waals surface area contributed by atoms with Gasteiger partial charge in [0.05, 0.1) is 17.5 Å². The van der Waals surface area contributed by atoms with Crippen molar-refractivity contribution in [2.45, 2.75) is 13.8 Å². The Kier molecular flexibility index (Phi) is 8.37. The number of anilines is 4. The molecule has 2 aromatic carbocycles. The smallest absolute Gasteiger partial charge is 0.255 e. The largest absolute Gasteiger partial charge is 0.369 e. The molecular weight excluding hydrogens is 502 g/mol. The predicted octanol–water partition coefficient (Wildman–Crippen LogP) is 4.15. The molecule has 0 aliphatic carbocycles. The molecule has 1 aliphatic heterocycles. The van der Waals surface area contributed by atoms with Crippen molar-refractivity contribution in [1.82, 2.24) is 29.5 Å². The van der Waals surface area contributed by atoms with Gasteiger partial charge in [0.1, 0.15) is 18.0 Å². The Bertz CT molecular complexity index is 1470. The Morgan fingerprint density at radius 2 is 1.80 bits per heavy atom. The summed E-state index contributed by atoms with van der Waals surface area (Å²) < 4.78 is 1.79. The highest BCUT2D eigenvalue weighted by Crippen LogP contribution is 2.31. The monoisotopic (exact) mass is 539 g/mol. The Hall–Kier alpha value is -4.28. The van der Waals surface area contributed by atoms with Gasteiger partial charge in [0.2, 0.25) is 0 Å². The molecule has 0 unspecified atom stereocenters. The number of nitrogens with zero attached hydrogens (tertiary/aromatic N) is 6. The summed E-state index contributed by atoms with van der Waals surface area (Å²) in [5.74, 6) is 1.44. The number of benzene rings is 2. The maximum absolute atomic E-state index is 12.8. The first-order valence-electron chi connectivity index (χ1n) is 13.6. The Morgan fingerprint density at radius 3 is 2.60 bits per heavy atom. The third-order valence-corrected chi connectivity index (χ3v) is 7.24. The van der Waals surface area contributed by atoms with E-state index >= 15 is 0 Å². The molecule has 0 radical (unpaired) electrons. The van der Waals surface area contributed by atoms with Gasteiger partial charge in [-0.2, -0.15) is 5.10 Å². The summed E-state index contributed by atoms with van der Waals surface area (Å²) in [4.78, 5) is 26.6. The van der Waals surface area contributed by atoms with Gasteiger partial charge in [0.15, 0.2) is 0 Å². The van der Waals surface area contributed by atoms with Crippen molar-refractivity contribution in [3.05, 3.63) is 77.7 Å². The SMILES string of the molecule is Cc1cccc(C(=O)Nc2ccc(C)c(Nc3c(-c4cc(NCCN5CCN(C)CC5)ncn4)cnn3C)c2)c1. The summed E-state index contributed by atoms with van der Waals surface area (Å²) >= 11 is 0. The molecule has 3 heterocycles. The molecule has 10 nitrogen and oxygen atoms in total. The Labute approximate surface area is 235 Å². The molecule has 0 atom stereocenters. The van der Waals surface area contributed by atoms with E-state index in [1.807, 2.05) is 69.4 Å². The van der Waals surface area contributed by atoms with Gasteiger partial charge < -0.3 is 20.9 Å². The predicted molar refractivity (Wildman–Crippen MR) is 160 cm³/mol. The van der Waals surface area contributed by atoms with Crippen molar-refractivity contribution in [2.24, 2.45) is 7.05 Å². The molecule has 1 fully saturated rings. The van der Waals surface area contributed by atoms with Gasteiger partial charge in [0.25, 0.3) is 5.91 Å². The fourth-order valence-corrected chi connectivity index (χ4v) is 4.74. The number of carbonyl (C=O) groups is 1. The lowest BCUT2D eigenvalue weighted by atomic mass is 10.1. The van der Waals surface area contributed by atoms with Crippen LogP contribution in [0.25, 0.3) is 11.3 Å². The van der Waals surface area contributed by atoms with Crippen LogP contribution in [0.1, 0.15) is 21.5 Å². The summed E-state index contributed by atoms with van der Waals surface area (Å²) in [6.45, 7) is 10.2. The molecule has 1 saturated heterocycles. The van der Waals surface area contributed by atoms with Crippen LogP contribution in [-0.2, 0) is 7.05 Å². The van der Waals surface area contributed by atoms with E-state index in [1.54, 1.807) is 17.2 Å². The molecule has 4 aromatic rings. The minimum Gasteiger partial charge on any atom is -0.369 e. The molecule has 2 aromatic heterocycles. The number of nitrogens with one attached hydrogen (secondary N) is 3. The zero-order chi connectivity index (χ0) is 28.1. The minimum atomic E-state index is -0.145. The highest BCUT2D eigenvalue weighted by Gasteiger charge is 2.16. The fraction of sp³-hybridized carbons (Fsp3) is 0.333. The number of aromatic nitrogens is 4. The number of aryl methyl sites for hydroxylation is 3. The highest BCUT2D eigenvalue weighted by atomic mass is 16.1. The van der Waals surface area contributed by atoms with Crippen LogP contribution in [0.2, 0.25) is 0 Å². The first-order chi connectivity index (χ1) is 19.4. The first kappa shape index (κ1) is 27.3. The molecule has 1 aliphatic rings. The van der Waals surface area contributed by atoms with E-state index in [4.69, 9.17) is 0 Å². The van der Waals surface area contributed by atoms with Gasteiger partial charge in [-0.3, -0.25) is 14.4 Å². The maximum Gasteiger partial charge on any atom is 0.255 e. The van der Waals surface area contributed by atoms with Crippen LogP contribution >= 0.6 is 0 Å². The van der Waals surface area contributed by atoms with E-state index in [2.05, 4.69) is 47.9 Å². The molecule has 10 heteroatoms. The number of hydrogen-bond donors (Lipinski definition) is 3. The van der Waals surface area contributed by atoms with Crippen molar-refractivity contribution >= 4 is 28.9 Å². The molecule has 1 amide bonds. The summed E-state index contributed by atoms with van der Waals surface area (Å²) in [6.07, 6.45) is 3.38. The van der Waals surface area contributed by atoms with Crippen LogP contribution in [0.15, 0.2) is 61.1 Å². The summed E-state index contributed by atoms with van der Waals surface area (Å²) in [7, 11) is 4.06.